The molecule has 0 amide bonds. The summed E-state index contributed by atoms with van der Waals surface area (Å²) in [5, 5.41) is -0.439. The maximum atomic E-state index is 11.0. The molecular formula is C7H14O3S. The lowest BCUT2D eigenvalue weighted by molar-refractivity contribution is 0.430. The summed E-state index contributed by atoms with van der Waals surface area (Å²) in [7, 11) is -3.39. The molecule has 0 radical (unpaired) electrons. The van der Waals surface area contributed by atoms with Crippen molar-refractivity contribution >= 4 is 10.1 Å². The number of hydrogen-bond donors (Lipinski definition) is 0. The van der Waals surface area contributed by atoms with Crippen LogP contribution in [0.3, 0.4) is 0 Å². The van der Waals surface area contributed by atoms with Gasteiger partial charge in [0.25, 0.3) is 0 Å². The zero-order chi connectivity index (χ0) is 8.91. The number of hydrogen-bond acceptors (Lipinski definition) is 3. The van der Waals surface area contributed by atoms with Crippen LogP contribution in [0.15, 0.2) is 12.8 Å². The van der Waals surface area contributed by atoms with Gasteiger partial charge in [-0.1, -0.05) is 19.9 Å². The smallest absolute Gasteiger partial charge is 0.311 e. The predicted molar refractivity (Wildman–Crippen MR) is 44.6 cm³/mol. The summed E-state index contributed by atoms with van der Waals surface area (Å²) in [4.78, 5) is 0. The van der Waals surface area contributed by atoms with E-state index in [1.807, 2.05) is 6.92 Å². The molecule has 3 nitrogen and oxygen atoms in total. The van der Waals surface area contributed by atoms with Crippen molar-refractivity contribution in [1.82, 2.24) is 0 Å². The third kappa shape index (κ3) is 3.41. The molecule has 0 aromatic carbocycles. The molecule has 0 aliphatic heterocycles. The van der Waals surface area contributed by atoms with Crippen LogP contribution in [0, 0.1) is 0 Å². The molecule has 0 aromatic heterocycles. The highest BCUT2D eigenvalue weighted by Gasteiger charge is 2.19. The summed E-state index contributed by atoms with van der Waals surface area (Å²) >= 11 is 0. The van der Waals surface area contributed by atoms with Crippen LogP contribution in [0.25, 0.3) is 0 Å². The molecule has 0 heterocycles. The normalized spacial score (nSPS) is 14.0. The van der Waals surface area contributed by atoms with Gasteiger partial charge < -0.3 is 4.18 Å². The Balaban J connectivity index is 4.18. The molecule has 66 valence electrons. The van der Waals surface area contributed by atoms with E-state index in [4.69, 9.17) is 0 Å². The molecular weight excluding hydrogens is 164 g/mol. The van der Waals surface area contributed by atoms with Gasteiger partial charge in [0.2, 0.25) is 0 Å². The zero-order valence-corrected chi connectivity index (χ0v) is 7.73. The lowest BCUT2D eigenvalue weighted by Gasteiger charge is -2.09. The van der Waals surface area contributed by atoms with Crippen molar-refractivity contribution in [3.05, 3.63) is 12.8 Å². The standard InChI is InChI=1S/C7H14O3S/c1-4-6-7(3)11(8,9)10-5-2/h5,7H,2,4,6H2,1,3H3. The summed E-state index contributed by atoms with van der Waals surface area (Å²) in [5.41, 5.74) is 0. The van der Waals surface area contributed by atoms with Crippen molar-refractivity contribution in [2.45, 2.75) is 31.9 Å². The van der Waals surface area contributed by atoms with Gasteiger partial charge in [0, 0.05) is 0 Å². The Bertz CT molecular complexity index is 206. The number of rotatable bonds is 5. The van der Waals surface area contributed by atoms with Crippen molar-refractivity contribution in [1.29, 1.82) is 0 Å². The van der Waals surface area contributed by atoms with Gasteiger partial charge >= 0.3 is 10.1 Å². The van der Waals surface area contributed by atoms with Crippen LogP contribution < -0.4 is 0 Å². The van der Waals surface area contributed by atoms with Crippen molar-refractivity contribution in [3.63, 3.8) is 0 Å². The van der Waals surface area contributed by atoms with Gasteiger partial charge in [-0.25, -0.2) is 0 Å². The van der Waals surface area contributed by atoms with E-state index in [1.54, 1.807) is 6.92 Å². The molecule has 4 heteroatoms. The molecule has 0 aromatic rings. The maximum absolute atomic E-state index is 11.0. The lowest BCUT2D eigenvalue weighted by atomic mass is 10.3. The summed E-state index contributed by atoms with van der Waals surface area (Å²) in [6, 6.07) is 0. The van der Waals surface area contributed by atoms with Crippen LogP contribution in [0.5, 0.6) is 0 Å². The van der Waals surface area contributed by atoms with Crippen LogP contribution >= 0.6 is 0 Å². The summed E-state index contributed by atoms with van der Waals surface area (Å²) < 4.78 is 26.4. The van der Waals surface area contributed by atoms with E-state index < -0.39 is 15.4 Å². The minimum Gasteiger partial charge on any atom is -0.391 e. The van der Waals surface area contributed by atoms with E-state index in [0.717, 1.165) is 12.7 Å². The molecule has 0 bridgehead atoms. The Morgan fingerprint density at radius 1 is 1.64 bits per heavy atom. The second-order valence-corrected chi connectivity index (χ2v) is 4.34. The fraction of sp³-hybridized carbons (Fsp3) is 0.714. The first-order valence-corrected chi connectivity index (χ1v) is 5.04. The van der Waals surface area contributed by atoms with Gasteiger partial charge in [0.05, 0.1) is 11.5 Å². The van der Waals surface area contributed by atoms with Gasteiger partial charge in [0.15, 0.2) is 0 Å². The van der Waals surface area contributed by atoms with E-state index in [9.17, 15) is 8.42 Å². The van der Waals surface area contributed by atoms with Crippen LogP contribution in [0.1, 0.15) is 26.7 Å². The minimum absolute atomic E-state index is 0.439. The van der Waals surface area contributed by atoms with Crippen molar-refractivity contribution < 1.29 is 12.6 Å². The van der Waals surface area contributed by atoms with E-state index in [2.05, 4.69) is 10.8 Å². The maximum Gasteiger partial charge on any atom is 0.311 e. The fourth-order valence-corrected chi connectivity index (χ4v) is 1.64. The predicted octanol–water partition coefficient (Wildman–Crippen LogP) is 1.66. The monoisotopic (exact) mass is 178 g/mol. The molecule has 0 aliphatic rings. The van der Waals surface area contributed by atoms with Crippen molar-refractivity contribution in [2.24, 2.45) is 0 Å². The van der Waals surface area contributed by atoms with Gasteiger partial charge in [-0.3, -0.25) is 0 Å². The average Bonchev–Trinajstić information content (AvgIpc) is 1.88. The average molecular weight is 178 g/mol. The van der Waals surface area contributed by atoms with Crippen LogP contribution in [-0.2, 0) is 14.3 Å². The molecule has 1 unspecified atom stereocenters. The highest BCUT2D eigenvalue weighted by molar-refractivity contribution is 7.87. The first-order chi connectivity index (χ1) is 5.04. The topological polar surface area (TPSA) is 43.4 Å². The Morgan fingerprint density at radius 3 is 2.55 bits per heavy atom. The zero-order valence-electron chi connectivity index (χ0n) is 6.91. The molecule has 0 spiro atoms. The second-order valence-electron chi connectivity index (χ2n) is 2.35. The first-order valence-electron chi connectivity index (χ1n) is 3.57. The summed E-state index contributed by atoms with van der Waals surface area (Å²) in [6.45, 7) is 6.74. The fourth-order valence-electron chi connectivity index (χ4n) is 0.741. The van der Waals surface area contributed by atoms with E-state index >= 15 is 0 Å². The second kappa shape index (κ2) is 4.38. The van der Waals surface area contributed by atoms with E-state index in [0.29, 0.717) is 6.42 Å². The molecule has 0 saturated heterocycles. The molecule has 0 N–H and O–H groups in total. The molecule has 0 aliphatic carbocycles. The lowest BCUT2D eigenvalue weighted by Crippen LogP contribution is -2.17. The van der Waals surface area contributed by atoms with Gasteiger partial charge in [-0.05, 0) is 13.3 Å². The van der Waals surface area contributed by atoms with Crippen LogP contribution in [0.4, 0.5) is 0 Å². The van der Waals surface area contributed by atoms with E-state index in [-0.39, 0.29) is 0 Å². The third-order valence-corrected chi connectivity index (χ3v) is 3.02. The minimum atomic E-state index is -3.39. The quantitative estimate of drug-likeness (QED) is 0.475. The largest absolute Gasteiger partial charge is 0.391 e. The highest BCUT2D eigenvalue weighted by atomic mass is 32.2. The third-order valence-electron chi connectivity index (χ3n) is 1.39. The van der Waals surface area contributed by atoms with Gasteiger partial charge in [-0.2, -0.15) is 8.42 Å². The Labute approximate surface area is 68.2 Å². The van der Waals surface area contributed by atoms with E-state index in [1.165, 1.54) is 0 Å². The van der Waals surface area contributed by atoms with Crippen molar-refractivity contribution in [2.75, 3.05) is 0 Å². The highest BCUT2D eigenvalue weighted by Crippen LogP contribution is 2.09. The summed E-state index contributed by atoms with van der Waals surface area (Å²) in [6.07, 6.45) is 2.40. The Hall–Kier alpha value is -0.510. The molecule has 0 saturated carbocycles. The molecule has 0 fully saturated rings. The first kappa shape index (κ1) is 10.5. The van der Waals surface area contributed by atoms with Crippen molar-refractivity contribution in [3.8, 4) is 0 Å². The van der Waals surface area contributed by atoms with Crippen LogP contribution in [0.2, 0.25) is 0 Å². The Kier molecular flexibility index (Phi) is 4.18. The van der Waals surface area contributed by atoms with Crippen LogP contribution in [-0.4, -0.2) is 13.7 Å². The Morgan fingerprint density at radius 2 is 2.18 bits per heavy atom. The molecule has 1 atom stereocenters. The molecule has 0 rings (SSSR count). The van der Waals surface area contributed by atoms with Gasteiger partial charge in [-0.15, -0.1) is 0 Å². The molecule has 11 heavy (non-hydrogen) atoms. The SMILES string of the molecule is C=COS(=O)(=O)C(C)CCC. The summed E-state index contributed by atoms with van der Waals surface area (Å²) in [5.74, 6) is 0. The van der Waals surface area contributed by atoms with Gasteiger partial charge in [0.1, 0.15) is 0 Å².